The van der Waals surface area contributed by atoms with E-state index in [0.717, 1.165) is 66.6 Å². The maximum Gasteiger partial charge on any atom is 0.143 e. The lowest BCUT2D eigenvalue weighted by molar-refractivity contribution is 0.673. The number of rotatable bonds is 8. The molecule has 60 heavy (non-hydrogen) atoms. The van der Waals surface area contributed by atoms with Gasteiger partial charge in [-0.05, 0) is 122 Å². The second-order valence-electron chi connectivity index (χ2n) is 15.3. The lowest BCUT2D eigenvalue weighted by Gasteiger charge is -2.27. The smallest absolute Gasteiger partial charge is 0.143 e. The van der Waals surface area contributed by atoms with Crippen LogP contribution < -0.4 is 4.90 Å². The van der Waals surface area contributed by atoms with Gasteiger partial charge in [-0.25, -0.2) is 0 Å². The molecule has 0 aliphatic heterocycles. The van der Waals surface area contributed by atoms with E-state index in [2.05, 4.69) is 241 Å². The van der Waals surface area contributed by atoms with Gasteiger partial charge in [0.1, 0.15) is 11.2 Å². The minimum absolute atomic E-state index is 0.885. The van der Waals surface area contributed by atoms with Crippen molar-refractivity contribution < 1.29 is 4.42 Å². The average molecular weight is 766 g/mol. The Kier molecular flexibility index (Phi) is 8.87. The minimum atomic E-state index is 0.885. The third-order valence-electron chi connectivity index (χ3n) is 11.6. The summed E-state index contributed by atoms with van der Waals surface area (Å²) in [7, 11) is 0. The van der Waals surface area contributed by atoms with Crippen LogP contribution in [0.3, 0.4) is 0 Å². The summed E-state index contributed by atoms with van der Waals surface area (Å²) in [6, 6.07) is 84.9. The third kappa shape index (κ3) is 6.51. The molecule has 0 saturated carbocycles. The molecule has 1 aromatic heterocycles. The van der Waals surface area contributed by atoms with Crippen LogP contribution >= 0.6 is 0 Å². The highest BCUT2D eigenvalue weighted by Gasteiger charge is 2.19. The van der Waals surface area contributed by atoms with Gasteiger partial charge >= 0.3 is 0 Å². The van der Waals surface area contributed by atoms with Crippen LogP contribution in [0.2, 0.25) is 0 Å². The van der Waals surface area contributed by atoms with Crippen LogP contribution in [0.5, 0.6) is 0 Å². The largest absolute Gasteiger partial charge is 0.455 e. The molecule has 11 rings (SSSR count). The Labute approximate surface area is 349 Å². The summed E-state index contributed by atoms with van der Waals surface area (Å²) in [6.45, 7) is 0. The van der Waals surface area contributed by atoms with Crippen molar-refractivity contribution in [3.05, 3.63) is 237 Å². The number of nitrogens with zero attached hydrogens (tertiary/aromatic N) is 1. The highest BCUT2D eigenvalue weighted by atomic mass is 16.3. The van der Waals surface area contributed by atoms with Crippen molar-refractivity contribution in [1.29, 1.82) is 0 Å². The highest BCUT2D eigenvalue weighted by molar-refractivity contribution is 6.19. The summed E-state index contributed by atoms with van der Waals surface area (Å²) in [5.41, 5.74) is 16.7. The summed E-state index contributed by atoms with van der Waals surface area (Å²) in [5, 5.41) is 4.55. The van der Waals surface area contributed by atoms with Gasteiger partial charge in [-0.3, -0.25) is 0 Å². The Morgan fingerprint density at radius 3 is 1.48 bits per heavy atom. The zero-order valence-electron chi connectivity index (χ0n) is 32.9. The summed E-state index contributed by atoms with van der Waals surface area (Å²) in [5.74, 6) is 0. The molecule has 0 amide bonds. The zero-order chi connectivity index (χ0) is 39.8. The second kappa shape index (κ2) is 15.1. The van der Waals surface area contributed by atoms with Gasteiger partial charge in [-0.2, -0.15) is 0 Å². The first kappa shape index (κ1) is 35.2. The van der Waals surface area contributed by atoms with Crippen LogP contribution in [-0.4, -0.2) is 0 Å². The number of anilines is 3. The lowest BCUT2D eigenvalue weighted by atomic mass is 9.96. The van der Waals surface area contributed by atoms with Crippen molar-refractivity contribution in [3.8, 4) is 55.6 Å². The number of fused-ring (bicyclic) bond motifs is 5. The van der Waals surface area contributed by atoms with E-state index in [4.69, 9.17) is 4.42 Å². The van der Waals surface area contributed by atoms with Crippen molar-refractivity contribution in [2.24, 2.45) is 0 Å². The number of hydrogen-bond donors (Lipinski definition) is 0. The van der Waals surface area contributed by atoms with Crippen LogP contribution in [-0.2, 0) is 0 Å². The maximum atomic E-state index is 6.62. The van der Waals surface area contributed by atoms with Crippen molar-refractivity contribution in [2.45, 2.75) is 0 Å². The Bertz CT molecular complexity index is 3240. The number of benzene rings is 10. The first-order valence-electron chi connectivity index (χ1n) is 20.5. The van der Waals surface area contributed by atoms with Gasteiger partial charge in [-0.15, -0.1) is 0 Å². The SMILES string of the molecule is c1ccc(-c2cccc(-c3ccc(N(c4cc(-c5ccccc5)cc(-c5ccccc5)c4)c4cccc(-c5cccc6oc7c8ccccc8ccc7c56)c4)cc3)c2)cc1. The fraction of sp³-hybridized carbons (Fsp3) is 0. The van der Waals surface area contributed by atoms with Crippen molar-refractivity contribution in [1.82, 2.24) is 0 Å². The van der Waals surface area contributed by atoms with Crippen LogP contribution in [0.15, 0.2) is 241 Å². The first-order valence-corrected chi connectivity index (χ1v) is 20.5. The zero-order valence-corrected chi connectivity index (χ0v) is 32.9. The Hall–Kier alpha value is -7.94. The third-order valence-corrected chi connectivity index (χ3v) is 11.6. The number of furan rings is 1. The summed E-state index contributed by atoms with van der Waals surface area (Å²) in [4.78, 5) is 2.40. The van der Waals surface area contributed by atoms with Gasteiger partial charge in [0.05, 0.1) is 0 Å². The normalized spacial score (nSPS) is 11.3. The molecule has 11 aromatic rings. The lowest BCUT2D eigenvalue weighted by Crippen LogP contribution is -2.10. The molecule has 0 radical (unpaired) electrons. The van der Waals surface area contributed by atoms with Gasteiger partial charge in [0, 0.05) is 33.2 Å². The van der Waals surface area contributed by atoms with E-state index in [-0.39, 0.29) is 0 Å². The van der Waals surface area contributed by atoms with Gasteiger partial charge in [0.25, 0.3) is 0 Å². The molecule has 0 N–H and O–H groups in total. The summed E-state index contributed by atoms with van der Waals surface area (Å²) in [6.07, 6.45) is 0. The summed E-state index contributed by atoms with van der Waals surface area (Å²) < 4.78 is 6.62. The molecular weight excluding hydrogens is 727 g/mol. The summed E-state index contributed by atoms with van der Waals surface area (Å²) >= 11 is 0. The van der Waals surface area contributed by atoms with Crippen LogP contribution in [0.25, 0.3) is 88.3 Å². The maximum absolute atomic E-state index is 6.62. The standard InChI is InChI=1S/C58H39NO/c1-4-15-40(16-5-1)45-22-12-23-46(35-45)43-29-32-50(33-30-43)59(52-38-48(41-17-6-2-7-18-41)36-49(39-52)42-19-8-3-9-20-42)51-25-13-24-47(37-51)53-27-14-28-56-57(53)55-34-31-44-21-10-11-26-54(44)58(55)60-56/h1-39H. The van der Waals surface area contributed by atoms with Crippen LogP contribution in [0, 0.1) is 0 Å². The average Bonchev–Trinajstić information content (AvgIpc) is 3.73. The van der Waals surface area contributed by atoms with E-state index in [1.54, 1.807) is 0 Å². The van der Waals surface area contributed by atoms with E-state index in [9.17, 15) is 0 Å². The molecule has 0 saturated heterocycles. The van der Waals surface area contributed by atoms with Crippen LogP contribution in [0.1, 0.15) is 0 Å². The van der Waals surface area contributed by atoms with Crippen molar-refractivity contribution >= 4 is 49.8 Å². The van der Waals surface area contributed by atoms with E-state index >= 15 is 0 Å². The predicted molar refractivity (Wildman–Crippen MR) is 253 cm³/mol. The number of hydrogen-bond acceptors (Lipinski definition) is 2. The van der Waals surface area contributed by atoms with Gasteiger partial charge in [0.15, 0.2) is 0 Å². The molecule has 0 spiro atoms. The monoisotopic (exact) mass is 765 g/mol. The molecule has 0 aliphatic rings. The molecule has 2 nitrogen and oxygen atoms in total. The Balaban J connectivity index is 1.08. The van der Waals surface area contributed by atoms with Crippen molar-refractivity contribution in [3.63, 3.8) is 0 Å². The van der Waals surface area contributed by atoms with Crippen molar-refractivity contribution in [2.75, 3.05) is 4.90 Å². The molecule has 10 aromatic carbocycles. The predicted octanol–water partition coefficient (Wildman–Crippen LogP) is 16.5. The second-order valence-corrected chi connectivity index (χ2v) is 15.3. The molecule has 1 heterocycles. The van der Waals surface area contributed by atoms with Crippen LogP contribution in [0.4, 0.5) is 17.1 Å². The minimum Gasteiger partial charge on any atom is -0.455 e. The Morgan fingerprint density at radius 2 is 0.800 bits per heavy atom. The molecular formula is C58H39NO. The quantitative estimate of drug-likeness (QED) is 0.153. The van der Waals surface area contributed by atoms with E-state index in [0.29, 0.717) is 0 Å². The van der Waals surface area contributed by atoms with E-state index < -0.39 is 0 Å². The highest BCUT2D eigenvalue weighted by Crippen LogP contribution is 2.44. The molecule has 0 atom stereocenters. The fourth-order valence-electron chi connectivity index (χ4n) is 8.70. The van der Waals surface area contributed by atoms with E-state index in [1.165, 1.54) is 38.8 Å². The van der Waals surface area contributed by atoms with Gasteiger partial charge in [0.2, 0.25) is 0 Å². The topological polar surface area (TPSA) is 16.4 Å². The van der Waals surface area contributed by atoms with E-state index in [1.807, 2.05) is 0 Å². The molecule has 0 bridgehead atoms. The van der Waals surface area contributed by atoms with Gasteiger partial charge in [-0.1, -0.05) is 176 Å². The molecule has 0 fully saturated rings. The molecule has 2 heteroatoms. The first-order chi connectivity index (χ1) is 29.7. The van der Waals surface area contributed by atoms with Gasteiger partial charge < -0.3 is 9.32 Å². The Morgan fingerprint density at radius 1 is 0.283 bits per heavy atom. The molecule has 0 unspecified atom stereocenters. The fourth-order valence-corrected chi connectivity index (χ4v) is 8.70. The molecule has 0 aliphatic carbocycles. The molecule has 282 valence electrons.